The lowest BCUT2D eigenvalue weighted by Gasteiger charge is -2.18. The molecule has 0 radical (unpaired) electrons. The molecule has 1 aliphatic rings. The van der Waals surface area contributed by atoms with E-state index in [1.165, 1.54) is 12.8 Å². The summed E-state index contributed by atoms with van der Waals surface area (Å²) in [7, 11) is 1.59. The second-order valence-electron chi connectivity index (χ2n) is 5.69. The van der Waals surface area contributed by atoms with Crippen LogP contribution >= 0.6 is 23.8 Å². The molecule has 2 aromatic rings. The standard InChI is InChI=1S/C17H20ClN5OS/c1-24-15-10-14(23-8-4-5-9-23)20-16(21-15)22-17(25)19-11-12-6-2-3-7-13(12)18/h2-3,6-7,10H,4-5,8-9,11H2,1H3,(H2,19,20,21,22,25). The van der Waals surface area contributed by atoms with E-state index in [2.05, 4.69) is 25.5 Å². The van der Waals surface area contributed by atoms with Gasteiger partial charge in [-0.25, -0.2) is 0 Å². The molecule has 6 nitrogen and oxygen atoms in total. The summed E-state index contributed by atoms with van der Waals surface area (Å²) in [5.74, 6) is 1.77. The first-order chi connectivity index (χ1) is 12.2. The molecular formula is C17H20ClN5OS. The van der Waals surface area contributed by atoms with Crippen LogP contribution in [0.15, 0.2) is 30.3 Å². The number of ether oxygens (including phenoxy) is 1. The molecule has 25 heavy (non-hydrogen) atoms. The van der Waals surface area contributed by atoms with Crippen LogP contribution in [0.1, 0.15) is 18.4 Å². The van der Waals surface area contributed by atoms with Crippen molar-refractivity contribution in [2.45, 2.75) is 19.4 Å². The summed E-state index contributed by atoms with van der Waals surface area (Å²) in [6.45, 7) is 2.51. The van der Waals surface area contributed by atoms with Crippen molar-refractivity contribution in [2.24, 2.45) is 0 Å². The van der Waals surface area contributed by atoms with Crippen molar-refractivity contribution in [3.63, 3.8) is 0 Å². The van der Waals surface area contributed by atoms with Crippen LogP contribution in [0, 0.1) is 0 Å². The van der Waals surface area contributed by atoms with Crippen molar-refractivity contribution in [2.75, 3.05) is 30.4 Å². The van der Waals surface area contributed by atoms with Crippen molar-refractivity contribution < 1.29 is 4.74 Å². The van der Waals surface area contributed by atoms with Gasteiger partial charge in [-0.05, 0) is 36.7 Å². The van der Waals surface area contributed by atoms with Gasteiger partial charge in [-0.1, -0.05) is 29.8 Å². The van der Waals surface area contributed by atoms with Gasteiger partial charge < -0.3 is 20.3 Å². The molecule has 0 aliphatic carbocycles. The average molecular weight is 378 g/mol. The van der Waals surface area contributed by atoms with E-state index in [0.29, 0.717) is 28.5 Å². The largest absolute Gasteiger partial charge is 0.481 e. The Morgan fingerprint density at radius 2 is 2.04 bits per heavy atom. The van der Waals surface area contributed by atoms with Crippen LogP contribution in [0.2, 0.25) is 5.02 Å². The van der Waals surface area contributed by atoms with Crippen LogP contribution in [-0.2, 0) is 6.54 Å². The Bertz CT molecular complexity index is 752. The predicted molar refractivity (Wildman–Crippen MR) is 105 cm³/mol. The summed E-state index contributed by atoms with van der Waals surface area (Å²) < 4.78 is 5.28. The first-order valence-corrected chi connectivity index (χ1v) is 8.90. The fourth-order valence-electron chi connectivity index (χ4n) is 2.64. The minimum atomic E-state index is 0.415. The zero-order chi connectivity index (χ0) is 17.6. The summed E-state index contributed by atoms with van der Waals surface area (Å²) in [5, 5.41) is 7.27. The van der Waals surface area contributed by atoms with E-state index in [1.807, 2.05) is 30.3 Å². The number of anilines is 2. The lowest BCUT2D eigenvalue weighted by Crippen LogP contribution is -2.29. The third-order valence-electron chi connectivity index (χ3n) is 3.95. The van der Waals surface area contributed by atoms with Gasteiger partial charge in [0.2, 0.25) is 11.8 Å². The van der Waals surface area contributed by atoms with E-state index in [0.717, 1.165) is 24.5 Å². The van der Waals surface area contributed by atoms with Gasteiger partial charge in [-0.15, -0.1) is 0 Å². The quantitative estimate of drug-likeness (QED) is 0.775. The molecule has 3 rings (SSSR count). The highest BCUT2D eigenvalue weighted by atomic mass is 35.5. The smallest absolute Gasteiger partial charge is 0.234 e. The van der Waals surface area contributed by atoms with Crippen molar-refractivity contribution in [3.05, 3.63) is 40.9 Å². The SMILES string of the molecule is COc1cc(N2CCCC2)nc(NC(=S)NCc2ccccc2Cl)n1. The lowest BCUT2D eigenvalue weighted by atomic mass is 10.2. The minimum absolute atomic E-state index is 0.415. The third-order valence-corrected chi connectivity index (χ3v) is 4.57. The van der Waals surface area contributed by atoms with E-state index >= 15 is 0 Å². The summed E-state index contributed by atoms with van der Waals surface area (Å²) in [6, 6.07) is 9.48. The molecule has 1 saturated heterocycles. The number of methoxy groups -OCH3 is 1. The van der Waals surface area contributed by atoms with Crippen LogP contribution in [0.3, 0.4) is 0 Å². The summed E-state index contributed by atoms with van der Waals surface area (Å²) in [6.07, 6.45) is 2.35. The Balaban J connectivity index is 1.65. The van der Waals surface area contributed by atoms with Crippen LogP contribution in [0.5, 0.6) is 5.88 Å². The van der Waals surface area contributed by atoms with Gasteiger partial charge in [-0.2, -0.15) is 9.97 Å². The molecule has 0 amide bonds. The fraction of sp³-hybridized carbons (Fsp3) is 0.353. The normalized spacial score (nSPS) is 13.6. The molecule has 0 saturated carbocycles. The Labute approximate surface area is 157 Å². The van der Waals surface area contributed by atoms with Crippen LogP contribution in [0.25, 0.3) is 0 Å². The van der Waals surface area contributed by atoms with Crippen LogP contribution in [0.4, 0.5) is 11.8 Å². The molecule has 132 valence electrons. The van der Waals surface area contributed by atoms with Gasteiger partial charge in [0.05, 0.1) is 7.11 Å². The van der Waals surface area contributed by atoms with E-state index < -0.39 is 0 Å². The molecule has 1 aromatic carbocycles. The van der Waals surface area contributed by atoms with Crippen LogP contribution < -0.4 is 20.3 Å². The van der Waals surface area contributed by atoms with Crippen molar-refractivity contribution in [1.29, 1.82) is 0 Å². The molecule has 1 fully saturated rings. The van der Waals surface area contributed by atoms with E-state index in [1.54, 1.807) is 7.11 Å². The number of nitrogens with zero attached hydrogens (tertiary/aromatic N) is 3. The number of hydrogen-bond donors (Lipinski definition) is 2. The molecule has 0 bridgehead atoms. The average Bonchev–Trinajstić information content (AvgIpc) is 3.15. The molecule has 8 heteroatoms. The molecule has 0 unspecified atom stereocenters. The number of halogens is 1. The first kappa shape index (κ1) is 17.7. The number of rotatable bonds is 5. The lowest BCUT2D eigenvalue weighted by molar-refractivity contribution is 0.397. The minimum Gasteiger partial charge on any atom is -0.481 e. The molecular weight excluding hydrogens is 358 g/mol. The maximum atomic E-state index is 6.15. The number of benzene rings is 1. The number of thiocarbonyl (C=S) groups is 1. The molecule has 0 spiro atoms. The van der Waals surface area contributed by atoms with Crippen molar-refractivity contribution in [3.8, 4) is 5.88 Å². The second-order valence-corrected chi connectivity index (χ2v) is 6.50. The number of hydrogen-bond acceptors (Lipinski definition) is 5. The van der Waals surface area contributed by atoms with Gasteiger partial charge in [0.1, 0.15) is 5.82 Å². The van der Waals surface area contributed by atoms with E-state index in [-0.39, 0.29) is 0 Å². The summed E-state index contributed by atoms with van der Waals surface area (Å²) in [4.78, 5) is 11.1. The highest BCUT2D eigenvalue weighted by Gasteiger charge is 2.16. The third kappa shape index (κ3) is 4.70. The Kier molecular flexibility index (Phi) is 5.88. The number of nitrogens with one attached hydrogen (secondary N) is 2. The molecule has 0 atom stereocenters. The Hall–Kier alpha value is -2.12. The fourth-order valence-corrected chi connectivity index (χ4v) is 3.01. The van der Waals surface area contributed by atoms with Crippen molar-refractivity contribution in [1.82, 2.24) is 15.3 Å². The topological polar surface area (TPSA) is 62.3 Å². The molecule has 2 N–H and O–H groups in total. The van der Waals surface area contributed by atoms with Crippen LogP contribution in [-0.4, -0.2) is 35.3 Å². The zero-order valence-corrected chi connectivity index (χ0v) is 15.5. The first-order valence-electron chi connectivity index (χ1n) is 8.12. The maximum Gasteiger partial charge on any atom is 0.234 e. The monoisotopic (exact) mass is 377 g/mol. The highest BCUT2D eigenvalue weighted by molar-refractivity contribution is 7.80. The Morgan fingerprint density at radius 3 is 2.76 bits per heavy atom. The van der Waals surface area contributed by atoms with E-state index in [4.69, 9.17) is 28.6 Å². The van der Waals surface area contributed by atoms with Crippen molar-refractivity contribution >= 4 is 40.7 Å². The van der Waals surface area contributed by atoms with Gasteiger partial charge in [0.25, 0.3) is 0 Å². The van der Waals surface area contributed by atoms with Gasteiger partial charge in [0, 0.05) is 30.7 Å². The van der Waals surface area contributed by atoms with E-state index in [9.17, 15) is 0 Å². The summed E-state index contributed by atoms with van der Waals surface area (Å²) >= 11 is 11.5. The highest BCUT2D eigenvalue weighted by Crippen LogP contribution is 2.23. The predicted octanol–water partition coefficient (Wildman–Crippen LogP) is 3.23. The van der Waals surface area contributed by atoms with Gasteiger partial charge in [-0.3, -0.25) is 0 Å². The molecule has 1 aliphatic heterocycles. The van der Waals surface area contributed by atoms with Gasteiger partial charge >= 0.3 is 0 Å². The number of aromatic nitrogens is 2. The zero-order valence-electron chi connectivity index (χ0n) is 14.0. The maximum absolute atomic E-state index is 6.15. The molecule has 1 aromatic heterocycles. The van der Waals surface area contributed by atoms with Gasteiger partial charge in [0.15, 0.2) is 5.11 Å². The molecule has 2 heterocycles. The second kappa shape index (κ2) is 8.31. The summed E-state index contributed by atoms with van der Waals surface area (Å²) in [5.41, 5.74) is 0.970. The Morgan fingerprint density at radius 1 is 1.28 bits per heavy atom.